The number of hydrogen-bond acceptors (Lipinski definition) is 4. The van der Waals surface area contributed by atoms with Crippen LogP contribution in [0.25, 0.3) is 0 Å². The first-order chi connectivity index (χ1) is 9.02. The number of nitrogen functional groups attached to an aromatic ring is 1. The molecule has 1 amide bonds. The molecule has 2 aromatic rings. The Balaban J connectivity index is 2.21. The van der Waals surface area contributed by atoms with Crippen molar-refractivity contribution < 1.29 is 4.79 Å². The molecule has 0 radical (unpaired) electrons. The van der Waals surface area contributed by atoms with E-state index in [2.05, 4.69) is 15.5 Å². The summed E-state index contributed by atoms with van der Waals surface area (Å²) >= 11 is 0. The van der Waals surface area contributed by atoms with Gasteiger partial charge in [-0.3, -0.25) is 9.48 Å². The first-order valence-corrected chi connectivity index (χ1v) is 6.20. The summed E-state index contributed by atoms with van der Waals surface area (Å²) in [6.07, 6.45) is 3.29. The highest BCUT2D eigenvalue weighted by atomic mass is 16.2. The van der Waals surface area contributed by atoms with Gasteiger partial charge in [-0.25, -0.2) is 4.68 Å². The number of carbonyl (C=O) groups excluding carboxylic acids is 1. The van der Waals surface area contributed by atoms with Crippen molar-refractivity contribution in [1.82, 2.24) is 19.6 Å². The van der Waals surface area contributed by atoms with Crippen LogP contribution in [0.2, 0.25) is 0 Å². The van der Waals surface area contributed by atoms with E-state index in [-0.39, 0.29) is 17.6 Å². The molecule has 0 spiro atoms. The number of anilines is 2. The minimum absolute atomic E-state index is 0.163. The lowest BCUT2D eigenvalue weighted by molar-refractivity contribution is 0.102. The van der Waals surface area contributed by atoms with Gasteiger partial charge in [-0.15, -0.1) is 0 Å². The Morgan fingerprint density at radius 2 is 2.26 bits per heavy atom. The standard InChI is InChI=1S/C12H18N6O/c1-4-17-7-9(13)11(16-17)12(19)15-10-5-6-14-18(10)8(2)3/h5-8H,4,13H2,1-3H3,(H,15,19). The zero-order chi connectivity index (χ0) is 14.0. The van der Waals surface area contributed by atoms with Crippen molar-refractivity contribution in [2.45, 2.75) is 33.4 Å². The smallest absolute Gasteiger partial charge is 0.279 e. The zero-order valence-corrected chi connectivity index (χ0v) is 11.3. The van der Waals surface area contributed by atoms with E-state index in [0.29, 0.717) is 18.1 Å². The van der Waals surface area contributed by atoms with Crippen molar-refractivity contribution in [1.29, 1.82) is 0 Å². The van der Waals surface area contributed by atoms with Gasteiger partial charge in [0.2, 0.25) is 0 Å². The van der Waals surface area contributed by atoms with E-state index in [1.807, 2.05) is 20.8 Å². The predicted octanol–water partition coefficient (Wildman–Crippen LogP) is 1.51. The normalized spacial score (nSPS) is 10.9. The second kappa shape index (κ2) is 5.13. The van der Waals surface area contributed by atoms with Crippen LogP contribution in [0, 0.1) is 0 Å². The minimum atomic E-state index is -0.327. The Morgan fingerprint density at radius 3 is 2.84 bits per heavy atom. The zero-order valence-electron chi connectivity index (χ0n) is 11.3. The van der Waals surface area contributed by atoms with Gasteiger partial charge in [0.1, 0.15) is 5.82 Å². The molecular weight excluding hydrogens is 244 g/mol. The summed E-state index contributed by atoms with van der Waals surface area (Å²) in [5, 5.41) is 11.1. The highest BCUT2D eigenvalue weighted by molar-refractivity contribution is 6.05. The molecule has 102 valence electrons. The fourth-order valence-corrected chi connectivity index (χ4v) is 1.78. The maximum absolute atomic E-state index is 12.1. The Morgan fingerprint density at radius 1 is 1.53 bits per heavy atom. The molecule has 2 aromatic heterocycles. The molecule has 7 nitrogen and oxygen atoms in total. The SMILES string of the molecule is CCn1cc(N)c(C(=O)Nc2ccnn2C(C)C)n1. The Hall–Kier alpha value is -2.31. The number of aromatic nitrogens is 4. The first kappa shape index (κ1) is 13.1. The number of rotatable bonds is 4. The maximum atomic E-state index is 12.1. The maximum Gasteiger partial charge on any atom is 0.279 e. The molecule has 0 aliphatic rings. The number of aryl methyl sites for hydroxylation is 1. The Kier molecular flexibility index (Phi) is 3.55. The van der Waals surface area contributed by atoms with Crippen molar-refractivity contribution in [2.75, 3.05) is 11.1 Å². The summed E-state index contributed by atoms with van der Waals surface area (Å²) in [7, 11) is 0. The Labute approximate surface area is 111 Å². The van der Waals surface area contributed by atoms with Crippen LogP contribution >= 0.6 is 0 Å². The molecule has 0 fully saturated rings. The van der Waals surface area contributed by atoms with Gasteiger partial charge in [-0.1, -0.05) is 0 Å². The van der Waals surface area contributed by atoms with E-state index in [9.17, 15) is 4.79 Å². The van der Waals surface area contributed by atoms with Gasteiger partial charge in [-0.05, 0) is 20.8 Å². The van der Waals surface area contributed by atoms with E-state index in [0.717, 1.165) is 0 Å². The second-order valence-corrected chi connectivity index (χ2v) is 4.50. The average molecular weight is 262 g/mol. The number of amides is 1. The van der Waals surface area contributed by atoms with Gasteiger partial charge in [0.25, 0.3) is 5.91 Å². The van der Waals surface area contributed by atoms with Gasteiger partial charge in [0, 0.05) is 24.8 Å². The molecule has 0 aliphatic carbocycles. The van der Waals surface area contributed by atoms with E-state index in [1.54, 1.807) is 27.8 Å². The quantitative estimate of drug-likeness (QED) is 0.873. The van der Waals surface area contributed by atoms with E-state index < -0.39 is 0 Å². The third-order valence-corrected chi connectivity index (χ3v) is 2.73. The van der Waals surface area contributed by atoms with E-state index >= 15 is 0 Å². The Bertz CT molecular complexity index is 583. The molecule has 0 aliphatic heterocycles. The molecule has 0 atom stereocenters. The van der Waals surface area contributed by atoms with Gasteiger partial charge in [0.15, 0.2) is 5.69 Å². The lowest BCUT2D eigenvalue weighted by atomic mass is 10.3. The highest BCUT2D eigenvalue weighted by Gasteiger charge is 2.17. The molecular formula is C12H18N6O. The summed E-state index contributed by atoms with van der Waals surface area (Å²) < 4.78 is 3.36. The summed E-state index contributed by atoms with van der Waals surface area (Å²) in [6.45, 7) is 6.58. The number of nitrogens with two attached hydrogens (primary N) is 1. The topological polar surface area (TPSA) is 90.8 Å². The van der Waals surface area contributed by atoms with Crippen molar-refractivity contribution >= 4 is 17.4 Å². The van der Waals surface area contributed by atoms with Crippen LogP contribution in [0.4, 0.5) is 11.5 Å². The molecule has 0 bridgehead atoms. The van der Waals surface area contributed by atoms with Crippen LogP contribution in [-0.2, 0) is 6.54 Å². The van der Waals surface area contributed by atoms with Gasteiger partial charge < -0.3 is 11.1 Å². The van der Waals surface area contributed by atoms with E-state index in [4.69, 9.17) is 5.73 Å². The van der Waals surface area contributed by atoms with Crippen LogP contribution in [0.3, 0.4) is 0 Å². The fraction of sp³-hybridized carbons (Fsp3) is 0.417. The summed E-state index contributed by atoms with van der Waals surface area (Å²) in [6, 6.07) is 1.90. The van der Waals surface area contributed by atoms with Crippen LogP contribution in [-0.4, -0.2) is 25.5 Å². The average Bonchev–Trinajstić information content (AvgIpc) is 2.95. The largest absolute Gasteiger partial charge is 0.396 e. The molecule has 0 saturated heterocycles. The lowest BCUT2D eigenvalue weighted by Crippen LogP contribution is -2.18. The highest BCUT2D eigenvalue weighted by Crippen LogP contribution is 2.16. The van der Waals surface area contributed by atoms with Crippen LogP contribution in [0.15, 0.2) is 18.5 Å². The van der Waals surface area contributed by atoms with Crippen molar-refractivity contribution in [3.63, 3.8) is 0 Å². The summed E-state index contributed by atoms with van der Waals surface area (Å²) in [4.78, 5) is 12.1. The van der Waals surface area contributed by atoms with Gasteiger partial charge >= 0.3 is 0 Å². The molecule has 19 heavy (non-hydrogen) atoms. The van der Waals surface area contributed by atoms with E-state index in [1.165, 1.54) is 0 Å². The molecule has 7 heteroatoms. The molecule has 0 unspecified atom stereocenters. The van der Waals surface area contributed by atoms with Crippen LogP contribution in [0.5, 0.6) is 0 Å². The second-order valence-electron chi connectivity index (χ2n) is 4.50. The van der Waals surface area contributed by atoms with Crippen molar-refractivity contribution in [3.05, 3.63) is 24.2 Å². The summed E-state index contributed by atoms with van der Waals surface area (Å²) in [5.41, 5.74) is 6.38. The monoisotopic (exact) mass is 262 g/mol. The first-order valence-electron chi connectivity index (χ1n) is 6.20. The van der Waals surface area contributed by atoms with Crippen molar-refractivity contribution in [2.24, 2.45) is 0 Å². The third kappa shape index (κ3) is 2.59. The summed E-state index contributed by atoms with van der Waals surface area (Å²) in [5.74, 6) is 0.303. The third-order valence-electron chi connectivity index (χ3n) is 2.73. The van der Waals surface area contributed by atoms with Crippen LogP contribution < -0.4 is 11.1 Å². The molecule has 2 heterocycles. The molecule has 0 saturated carbocycles. The fourth-order valence-electron chi connectivity index (χ4n) is 1.78. The minimum Gasteiger partial charge on any atom is -0.396 e. The molecule has 2 rings (SSSR count). The molecule has 0 aromatic carbocycles. The number of carbonyl (C=O) groups is 1. The predicted molar refractivity (Wildman–Crippen MR) is 72.9 cm³/mol. The molecule has 3 N–H and O–H groups in total. The van der Waals surface area contributed by atoms with Crippen molar-refractivity contribution in [3.8, 4) is 0 Å². The van der Waals surface area contributed by atoms with Crippen LogP contribution in [0.1, 0.15) is 37.3 Å². The number of nitrogens with zero attached hydrogens (tertiary/aromatic N) is 4. The van der Waals surface area contributed by atoms with Gasteiger partial charge in [-0.2, -0.15) is 10.2 Å². The number of hydrogen-bond donors (Lipinski definition) is 2. The number of nitrogens with one attached hydrogen (secondary N) is 1. The lowest BCUT2D eigenvalue weighted by Gasteiger charge is -2.11. The van der Waals surface area contributed by atoms with Gasteiger partial charge in [0.05, 0.1) is 11.9 Å².